The average molecular weight is 294 g/mol. The van der Waals surface area contributed by atoms with Crippen LogP contribution in [-0.4, -0.2) is 28.6 Å². The molecule has 2 rings (SSSR count). The first kappa shape index (κ1) is 14.3. The highest BCUT2D eigenvalue weighted by atomic mass is 35.5. The van der Waals surface area contributed by atoms with Crippen molar-refractivity contribution in [1.29, 1.82) is 0 Å². The quantitative estimate of drug-likeness (QED) is 0.883. The molecule has 0 aliphatic heterocycles. The van der Waals surface area contributed by atoms with Gasteiger partial charge in [-0.25, -0.2) is 0 Å². The Hall–Kier alpha value is -2.08. The number of aromatic nitrogens is 3. The topological polar surface area (TPSA) is 72.0 Å². The molecule has 0 saturated carbocycles. The molecule has 0 saturated heterocycles. The maximum atomic E-state index is 5.88. The first-order chi connectivity index (χ1) is 9.62. The summed E-state index contributed by atoms with van der Waals surface area (Å²) in [5.74, 6) is 1.64. The van der Waals surface area contributed by atoms with Crippen LogP contribution in [0, 0.1) is 6.92 Å². The van der Waals surface area contributed by atoms with Gasteiger partial charge in [0.1, 0.15) is 5.75 Å². The number of benzene rings is 1. The van der Waals surface area contributed by atoms with Crippen LogP contribution in [0.2, 0.25) is 5.28 Å². The summed E-state index contributed by atoms with van der Waals surface area (Å²) in [6, 6.07) is 5.69. The first-order valence-corrected chi connectivity index (χ1v) is 6.57. The van der Waals surface area contributed by atoms with Crippen LogP contribution in [-0.2, 0) is 0 Å². The van der Waals surface area contributed by atoms with E-state index in [9.17, 15) is 0 Å². The van der Waals surface area contributed by atoms with Crippen molar-refractivity contribution in [3.8, 4) is 5.75 Å². The molecule has 7 heteroatoms. The number of nitrogens with one attached hydrogen (secondary N) is 2. The molecule has 0 radical (unpaired) electrons. The summed E-state index contributed by atoms with van der Waals surface area (Å²) in [6.07, 6.45) is 0. The third-order valence-electron chi connectivity index (χ3n) is 2.62. The third kappa shape index (κ3) is 3.48. The van der Waals surface area contributed by atoms with Gasteiger partial charge in [0.25, 0.3) is 0 Å². The SMILES string of the molecule is CCNc1nc(Cl)nc(Nc2ccc(OC)cc2C)n1. The van der Waals surface area contributed by atoms with E-state index in [1.54, 1.807) is 7.11 Å². The van der Waals surface area contributed by atoms with Crippen molar-refractivity contribution in [3.05, 3.63) is 29.0 Å². The summed E-state index contributed by atoms with van der Waals surface area (Å²) in [5.41, 5.74) is 1.90. The van der Waals surface area contributed by atoms with Gasteiger partial charge in [-0.3, -0.25) is 0 Å². The van der Waals surface area contributed by atoms with Crippen molar-refractivity contribution in [1.82, 2.24) is 15.0 Å². The Morgan fingerprint density at radius 3 is 2.60 bits per heavy atom. The molecule has 6 nitrogen and oxygen atoms in total. The summed E-state index contributed by atoms with van der Waals surface area (Å²) < 4.78 is 5.17. The van der Waals surface area contributed by atoms with Crippen molar-refractivity contribution in [2.45, 2.75) is 13.8 Å². The normalized spacial score (nSPS) is 10.2. The second-order valence-electron chi connectivity index (χ2n) is 4.09. The minimum atomic E-state index is 0.143. The second kappa shape index (κ2) is 6.38. The number of methoxy groups -OCH3 is 1. The molecular formula is C13H16ClN5O. The lowest BCUT2D eigenvalue weighted by molar-refractivity contribution is 0.414. The van der Waals surface area contributed by atoms with Crippen molar-refractivity contribution < 1.29 is 4.74 Å². The van der Waals surface area contributed by atoms with Crippen LogP contribution in [0.1, 0.15) is 12.5 Å². The van der Waals surface area contributed by atoms with Crippen molar-refractivity contribution in [2.24, 2.45) is 0 Å². The van der Waals surface area contributed by atoms with Crippen LogP contribution < -0.4 is 15.4 Å². The van der Waals surface area contributed by atoms with Gasteiger partial charge in [0.2, 0.25) is 17.2 Å². The van der Waals surface area contributed by atoms with E-state index < -0.39 is 0 Å². The fourth-order valence-electron chi connectivity index (χ4n) is 1.67. The lowest BCUT2D eigenvalue weighted by atomic mass is 10.2. The molecule has 0 aliphatic rings. The number of aryl methyl sites for hydroxylation is 1. The van der Waals surface area contributed by atoms with Gasteiger partial charge in [-0.05, 0) is 49.2 Å². The maximum absolute atomic E-state index is 5.88. The Labute approximate surface area is 122 Å². The van der Waals surface area contributed by atoms with Gasteiger partial charge in [-0.2, -0.15) is 15.0 Å². The zero-order valence-electron chi connectivity index (χ0n) is 11.6. The molecule has 106 valence electrons. The third-order valence-corrected chi connectivity index (χ3v) is 2.79. The van der Waals surface area contributed by atoms with Gasteiger partial charge in [0.15, 0.2) is 0 Å². The van der Waals surface area contributed by atoms with E-state index in [1.165, 1.54) is 0 Å². The summed E-state index contributed by atoms with van der Waals surface area (Å²) in [4.78, 5) is 12.3. The number of hydrogen-bond donors (Lipinski definition) is 2. The molecule has 2 aromatic rings. The molecular weight excluding hydrogens is 278 g/mol. The fraction of sp³-hybridized carbons (Fsp3) is 0.308. The zero-order valence-corrected chi connectivity index (χ0v) is 12.3. The van der Waals surface area contributed by atoms with E-state index in [2.05, 4.69) is 25.6 Å². The highest BCUT2D eigenvalue weighted by Crippen LogP contribution is 2.23. The molecule has 0 amide bonds. The number of hydrogen-bond acceptors (Lipinski definition) is 6. The van der Waals surface area contributed by atoms with Crippen LogP contribution in [0.15, 0.2) is 18.2 Å². The molecule has 0 unspecified atom stereocenters. The molecule has 1 heterocycles. The molecule has 20 heavy (non-hydrogen) atoms. The summed E-state index contributed by atoms with van der Waals surface area (Å²) >= 11 is 5.88. The number of rotatable bonds is 5. The molecule has 1 aromatic heterocycles. The molecule has 0 atom stereocenters. The van der Waals surface area contributed by atoms with Gasteiger partial charge in [-0.1, -0.05) is 0 Å². The molecule has 0 fully saturated rings. The predicted octanol–water partition coefficient (Wildman–Crippen LogP) is 3.02. The predicted molar refractivity (Wildman–Crippen MR) is 80.0 cm³/mol. The summed E-state index contributed by atoms with van der Waals surface area (Å²) in [7, 11) is 1.64. The Morgan fingerprint density at radius 2 is 1.95 bits per heavy atom. The molecule has 0 spiro atoms. The van der Waals surface area contributed by atoms with Crippen molar-refractivity contribution in [2.75, 3.05) is 24.3 Å². The standard InChI is InChI=1S/C13H16ClN5O/c1-4-15-12-17-11(14)18-13(19-12)16-10-6-5-9(20-3)7-8(10)2/h5-7H,4H2,1-3H3,(H2,15,16,17,18,19). The van der Waals surface area contributed by atoms with E-state index >= 15 is 0 Å². The van der Waals surface area contributed by atoms with Gasteiger partial charge in [-0.15, -0.1) is 0 Å². The Morgan fingerprint density at radius 1 is 1.20 bits per heavy atom. The summed E-state index contributed by atoms with van der Waals surface area (Å²) in [5, 5.41) is 6.26. The Balaban J connectivity index is 2.25. The lowest BCUT2D eigenvalue weighted by Crippen LogP contribution is -2.07. The van der Waals surface area contributed by atoms with E-state index in [0.717, 1.165) is 17.0 Å². The monoisotopic (exact) mass is 293 g/mol. The highest BCUT2D eigenvalue weighted by molar-refractivity contribution is 6.28. The van der Waals surface area contributed by atoms with Crippen molar-refractivity contribution in [3.63, 3.8) is 0 Å². The highest BCUT2D eigenvalue weighted by Gasteiger charge is 2.07. The maximum Gasteiger partial charge on any atom is 0.233 e. The van der Waals surface area contributed by atoms with E-state index in [-0.39, 0.29) is 5.28 Å². The van der Waals surface area contributed by atoms with Gasteiger partial charge in [0, 0.05) is 12.2 Å². The van der Waals surface area contributed by atoms with Gasteiger partial charge in [0.05, 0.1) is 7.11 Å². The number of ether oxygens (including phenoxy) is 1. The average Bonchev–Trinajstić information content (AvgIpc) is 2.41. The fourth-order valence-corrected chi connectivity index (χ4v) is 1.83. The van der Waals surface area contributed by atoms with Crippen LogP contribution >= 0.6 is 11.6 Å². The van der Waals surface area contributed by atoms with Crippen LogP contribution in [0.3, 0.4) is 0 Å². The number of halogens is 1. The molecule has 0 aliphatic carbocycles. The summed E-state index contributed by atoms with van der Waals surface area (Å²) in [6.45, 7) is 4.64. The minimum Gasteiger partial charge on any atom is -0.497 e. The van der Waals surface area contributed by atoms with Crippen molar-refractivity contribution >= 4 is 29.2 Å². The Bertz CT molecular complexity index is 605. The Kier molecular flexibility index (Phi) is 4.57. The largest absolute Gasteiger partial charge is 0.497 e. The molecule has 0 bridgehead atoms. The van der Waals surface area contributed by atoms with E-state index in [1.807, 2.05) is 32.0 Å². The van der Waals surface area contributed by atoms with E-state index in [0.29, 0.717) is 18.4 Å². The van der Waals surface area contributed by atoms with Crippen LogP contribution in [0.25, 0.3) is 0 Å². The first-order valence-electron chi connectivity index (χ1n) is 6.19. The van der Waals surface area contributed by atoms with E-state index in [4.69, 9.17) is 16.3 Å². The minimum absolute atomic E-state index is 0.143. The van der Waals surface area contributed by atoms with Crippen LogP contribution in [0.5, 0.6) is 5.75 Å². The lowest BCUT2D eigenvalue weighted by Gasteiger charge is -2.10. The zero-order chi connectivity index (χ0) is 14.5. The van der Waals surface area contributed by atoms with Crippen LogP contribution in [0.4, 0.5) is 17.6 Å². The second-order valence-corrected chi connectivity index (χ2v) is 4.43. The number of anilines is 3. The van der Waals surface area contributed by atoms with Gasteiger partial charge >= 0.3 is 0 Å². The molecule has 2 N–H and O–H groups in total. The number of nitrogens with zero attached hydrogens (tertiary/aromatic N) is 3. The van der Waals surface area contributed by atoms with Gasteiger partial charge < -0.3 is 15.4 Å². The smallest absolute Gasteiger partial charge is 0.233 e. The molecule has 1 aromatic carbocycles.